The number of methoxy groups -OCH3 is 1. The summed E-state index contributed by atoms with van der Waals surface area (Å²) >= 11 is 0. The fourth-order valence-corrected chi connectivity index (χ4v) is 2.03. The molecule has 1 aromatic carbocycles. The number of nitrogens with one attached hydrogen (secondary N) is 1. The van der Waals surface area contributed by atoms with E-state index in [1.807, 2.05) is 0 Å². The molecule has 0 radical (unpaired) electrons. The number of hydrogen-bond acceptors (Lipinski definition) is 5. The molecule has 1 N–H and O–H groups in total. The maximum absolute atomic E-state index is 12.0. The fraction of sp³-hybridized carbons (Fsp3) is 0.200. The van der Waals surface area contributed by atoms with Gasteiger partial charge in [0.2, 0.25) is 5.91 Å². The van der Waals surface area contributed by atoms with E-state index in [0.29, 0.717) is 11.4 Å². The minimum absolute atomic E-state index is 0.209. The van der Waals surface area contributed by atoms with Gasteiger partial charge in [0.05, 0.1) is 18.2 Å². The summed E-state index contributed by atoms with van der Waals surface area (Å²) in [5, 5.41) is 13.5. The molecule has 1 aromatic heterocycles. The molecule has 1 heterocycles. The zero-order valence-electron chi connectivity index (χ0n) is 12.6. The number of anilines is 1. The second-order valence-electron chi connectivity index (χ2n) is 4.85. The van der Waals surface area contributed by atoms with E-state index in [4.69, 9.17) is 4.74 Å². The zero-order valence-corrected chi connectivity index (χ0v) is 12.6. The molecular formula is C15H15N3O5. The second-order valence-corrected chi connectivity index (χ2v) is 4.85. The average molecular weight is 317 g/mol. The summed E-state index contributed by atoms with van der Waals surface area (Å²) in [6, 6.07) is 7.86. The Bertz CT molecular complexity index is 813. The molecule has 0 spiro atoms. The summed E-state index contributed by atoms with van der Waals surface area (Å²) in [6.45, 7) is 1.15. The molecule has 0 unspecified atom stereocenters. The molecule has 0 aliphatic heterocycles. The topological polar surface area (TPSA) is 103 Å². The molecule has 0 saturated heterocycles. The Hall–Kier alpha value is -3.16. The Labute approximate surface area is 131 Å². The average Bonchev–Trinajstić information content (AvgIpc) is 2.49. The van der Waals surface area contributed by atoms with Gasteiger partial charge in [0.1, 0.15) is 12.3 Å². The lowest BCUT2D eigenvalue weighted by Crippen LogP contribution is -2.27. The highest BCUT2D eigenvalue weighted by atomic mass is 16.6. The number of rotatable bonds is 5. The Balaban J connectivity index is 2.18. The second kappa shape index (κ2) is 6.73. The van der Waals surface area contributed by atoms with Crippen LogP contribution < -0.4 is 15.6 Å². The van der Waals surface area contributed by atoms with E-state index in [-0.39, 0.29) is 17.8 Å². The number of amides is 1. The highest BCUT2D eigenvalue weighted by molar-refractivity contribution is 5.90. The number of benzene rings is 1. The van der Waals surface area contributed by atoms with Crippen LogP contribution in [-0.4, -0.2) is 22.5 Å². The van der Waals surface area contributed by atoms with Crippen molar-refractivity contribution in [2.45, 2.75) is 13.5 Å². The van der Waals surface area contributed by atoms with Gasteiger partial charge in [-0.25, -0.2) is 0 Å². The maximum Gasteiger partial charge on any atom is 0.288 e. The van der Waals surface area contributed by atoms with Crippen LogP contribution in [0.25, 0.3) is 0 Å². The first-order chi connectivity index (χ1) is 10.9. The van der Waals surface area contributed by atoms with E-state index in [2.05, 4.69) is 5.32 Å². The van der Waals surface area contributed by atoms with Crippen LogP contribution in [0.3, 0.4) is 0 Å². The van der Waals surface area contributed by atoms with E-state index in [1.54, 1.807) is 24.3 Å². The predicted molar refractivity (Wildman–Crippen MR) is 83.7 cm³/mol. The van der Waals surface area contributed by atoms with Gasteiger partial charge in [-0.2, -0.15) is 0 Å². The molecule has 0 fully saturated rings. The Kier molecular flexibility index (Phi) is 4.75. The summed E-state index contributed by atoms with van der Waals surface area (Å²) in [6.07, 6.45) is 1.07. The van der Waals surface area contributed by atoms with Crippen molar-refractivity contribution in [2.75, 3.05) is 12.4 Å². The lowest BCUT2D eigenvalue weighted by atomic mass is 10.2. The normalized spacial score (nSPS) is 10.2. The lowest BCUT2D eigenvalue weighted by Gasteiger charge is -2.09. The number of nitrogens with zero attached hydrogens (tertiary/aromatic N) is 2. The van der Waals surface area contributed by atoms with Crippen molar-refractivity contribution in [2.24, 2.45) is 0 Å². The van der Waals surface area contributed by atoms with E-state index in [1.165, 1.54) is 14.0 Å². The van der Waals surface area contributed by atoms with E-state index in [9.17, 15) is 19.7 Å². The highest BCUT2D eigenvalue weighted by Crippen LogP contribution is 2.17. The van der Waals surface area contributed by atoms with Gasteiger partial charge in [-0.05, 0) is 19.1 Å². The molecule has 0 atom stereocenters. The van der Waals surface area contributed by atoms with Gasteiger partial charge in [0.15, 0.2) is 0 Å². The molecular weight excluding hydrogens is 302 g/mol. The first-order valence-electron chi connectivity index (χ1n) is 6.70. The number of aromatic nitrogens is 1. The largest absolute Gasteiger partial charge is 0.497 e. The third kappa shape index (κ3) is 3.94. The smallest absolute Gasteiger partial charge is 0.288 e. The predicted octanol–water partition coefficient (Wildman–Crippen LogP) is 1.71. The molecule has 120 valence electrons. The molecule has 0 bridgehead atoms. The Morgan fingerprint density at radius 1 is 1.39 bits per heavy atom. The van der Waals surface area contributed by atoms with E-state index in [0.717, 1.165) is 16.8 Å². The summed E-state index contributed by atoms with van der Waals surface area (Å²) < 4.78 is 6.05. The summed E-state index contributed by atoms with van der Waals surface area (Å²) in [7, 11) is 1.51. The molecule has 23 heavy (non-hydrogen) atoms. The highest BCUT2D eigenvalue weighted by Gasteiger charge is 2.15. The minimum Gasteiger partial charge on any atom is -0.497 e. The van der Waals surface area contributed by atoms with Crippen molar-refractivity contribution in [3.8, 4) is 5.75 Å². The van der Waals surface area contributed by atoms with Crippen molar-refractivity contribution in [1.82, 2.24) is 4.57 Å². The van der Waals surface area contributed by atoms with Crippen LogP contribution in [0.2, 0.25) is 0 Å². The summed E-state index contributed by atoms with van der Waals surface area (Å²) in [5.74, 6) is 0.101. The quantitative estimate of drug-likeness (QED) is 0.668. The molecule has 0 saturated carbocycles. The van der Waals surface area contributed by atoms with E-state index < -0.39 is 16.4 Å². The molecule has 0 aliphatic rings. The van der Waals surface area contributed by atoms with Crippen LogP contribution in [-0.2, 0) is 11.3 Å². The van der Waals surface area contributed by atoms with Crippen molar-refractivity contribution in [3.05, 3.63) is 62.6 Å². The van der Waals surface area contributed by atoms with Gasteiger partial charge >= 0.3 is 0 Å². The van der Waals surface area contributed by atoms with Gasteiger partial charge in [0, 0.05) is 23.4 Å². The standard InChI is InChI=1S/C15H15N3O5/c1-10-6-15(20)17(8-13(10)18(21)22)9-14(19)16-11-4-3-5-12(7-11)23-2/h3-8H,9H2,1-2H3,(H,16,19). The van der Waals surface area contributed by atoms with Crippen LogP contribution in [0.15, 0.2) is 41.3 Å². The van der Waals surface area contributed by atoms with Gasteiger partial charge in [0.25, 0.3) is 11.2 Å². The third-order valence-corrected chi connectivity index (χ3v) is 3.17. The molecule has 8 nitrogen and oxygen atoms in total. The molecule has 0 aliphatic carbocycles. The van der Waals surface area contributed by atoms with Crippen LogP contribution in [0.1, 0.15) is 5.56 Å². The Morgan fingerprint density at radius 2 is 2.13 bits per heavy atom. The lowest BCUT2D eigenvalue weighted by molar-refractivity contribution is -0.385. The SMILES string of the molecule is COc1cccc(NC(=O)Cn2cc([N+](=O)[O-])c(C)cc2=O)c1. The Morgan fingerprint density at radius 3 is 2.78 bits per heavy atom. The van der Waals surface area contributed by atoms with Gasteiger partial charge in [-0.15, -0.1) is 0 Å². The molecule has 1 amide bonds. The first-order valence-corrected chi connectivity index (χ1v) is 6.70. The molecule has 2 rings (SSSR count). The van der Waals surface area contributed by atoms with E-state index >= 15 is 0 Å². The summed E-state index contributed by atoms with van der Waals surface area (Å²) in [4.78, 5) is 34.2. The van der Waals surface area contributed by atoms with Crippen molar-refractivity contribution in [1.29, 1.82) is 0 Å². The number of carbonyl (C=O) groups is 1. The monoisotopic (exact) mass is 317 g/mol. The number of hydrogen-bond donors (Lipinski definition) is 1. The number of aryl methyl sites for hydroxylation is 1. The summed E-state index contributed by atoms with van der Waals surface area (Å²) in [5.41, 5.74) is 0.0705. The zero-order chi connectivity index (χ0) is 17.0. The first kappa shape index (κ1) is 16.2. The van der Waals surface area contributed by atoms with Gasteiger partial charge in [-0.1, -0.05) is 6.07 Å². The van der Waals surface area contributed by atoms with Crippen LogP contribution in [0.4, 0.5) is 11.4 Å². The minimum atomic E-state index is -0.592. The number of pyridine rings is 1. The number of nitro groups is 1. The maximum atomic E-state index is 12.0. The third-order valence-electron chi connectivity index (χ3n) is 3.17. The fourth-order valence-electron chi connectivity index (χ4n) is 2.03. The van der Waals surface area contributed by atoms with Crippen LogP contribution >= 0.6 is 0 Å². The van der Waals surface area contributed by atoms with Crippen molar-refractivity contribution in [3.63, 3.8) is 0 Å². The molecule has 8 heteroatoms. The van der Waals surface area contributed by atoms with Gasteiger partial charge < -0.3 is 10.1 Å². The number of ether oxygens (including phenoxy) is 1. The number of carbonyl (C=O) groups excluding carboxylic acids is 1. The van der Waals surface area contributed by atoms with Crippen molar-refractivity contribution < 1.29 is 14.5 Å². The molecule has 2 aromatic rings. The van der Waals surface area contributed by atoms with Crippen molar-refractivity contribution >= 4 is 17.3 Å². The van der Waals surface area contributed by atoms with Crippen LogP contribution in [0, 0.1) is 17.0 Å². The van der Waals surface area contributed by atoms with Gasteiger partial charge in [-0.3, -0.25) is 24.3 Å². The van der Waals surface area contributed by atoms with Crippen LogP contribution in [0.5, 0.6) is 5.75 Å².